The zero-order valence-electron chi connectivity index (χ0n) is 35.1. The topological polar surface area (TPSA) is 304 Å². The van der Waals surface area contributed by atoms with Gasteiger partial charge in [0.15, 0.2) is 0 Å². The van der Waals surface area contributed by atoms with E-state index in [9.17, 15) is 28.8 Å². The molecule has 12 N–H and O–H groups in total. The summed E-state index contributed by atoms with van der Waals surface area (Å²) in [5, 5.41) is 5.41. The SMILES string of the molecule is COC(=O)CCCCCN(C(=O)CNC(=O)[C@@H](CCSC)NC(=O)[C@@H](N)Cc1c(C)cc(OC(=O)OCC(C)C)c(C)c1C)[C@@H](Cc1ccccc1)C(N)=O.Cl.O.O.O. The Labute approximate surface area is 357 Å². The zero-order valence-corrected chi connectivity index (χ0v) is 36.8. The summed E-state index contributed by atoms with van der Waals surface area (Å²) in [4.78, 5) is 78.4. The molecule has 0 bridgehead atoms. The molecule has 19 heteroatoms. The van der Waals surface area contributed by atoms with Gasteiger partial charge in [-0.1, -0.05) is 50.6 Å². The maximum Gasteiger partial charge on any atom is 0.513 e. The van der Waals surface area contributed by atoms with Crippen LogP contribution in [0.25, 0.3) is 0 Å². The highest BCUT2D eigenvalue weighted by Gasteiger charge is 2.30. The van der Waals surface area contributed by atoms with E-state index in [1.165, 1.54) is 23.8 Å². The molecule has 0 aliphatic rings. The second-order valence-electron chi connectivity index (χ2n) is 13.9. The third-order valence-electron chi connectivity index (χ3n) is 9.16. The van der Waals surface area contributed by atoms with Gasteiger partial charge in [-0.25, -0.2) is 4.79 Å². The zero-order chi connectivity index (χ0) is 41.1. The molecule has 2 aromatic carbocycles. The normalized spacial score (nSPS) is 11.7. The fourth-order valence-corrected chi connectivity index (χ4v) is 6.31. The Morgan fingerprint density at radius 3 is 2.12 bits per heavy atom. The van der Waals surface area contributed by atoms with Crippen LogP contribution in [0.4, 0.5) is 4.79 Å². The fraction of sp³-hybridized carbons (Fsp3) is 0.550. The quantitative estimate of drug-likeness (QED) is 0.0706. The van der Waals surface area contributed by atoms with Crippen LogP contribution in [0.15, 0.2) is 36.4 Å². The summed E-state index contributed by atoms with van der Waals surface area (Å²) >= 11 is 1.49. The number of nitrogens with zero attached hydrogens (tertiary/aromatic N) is 1. The van der Waals surface area contributed by atoms with Crippen molar-refractivity contribution in [2.45, 2.75) is 97.7 Å². The Hall–Kier alpha value is -4.46. The molecule has 0 unspecified atom stereocenters. The first kappa shape index (κ1) is 58.9. The molecule has 0 aromatic heterocycles. The summed E-state index contributed by atoms with van der Waals surface area (Å²) in [6.45, 7) is 9.30. The van der Waals surface area contributed by atoms with Crippen LogP contribution in [-0.4, -0.2) is 114 Å². The molecule has 2 aromatic rings. The van der Waals surface area contributed by atoms with E-state index in [1.54, 1.807) is 13.0 Å². The number of hydrogen-bond acceptors (Lipinski definition) is 11. The predicted molar refractivity (Wildman–Crippen MR) is 231 cm³/mol. The maximum absolute atomic E-state index is 13.7. The molecule has 59 heavy (non-hydrogen) atoms. The van der Waals surface area contributed by atoms with E-state index >= 15 is 0 Å². The van der Waals surface area contributed by atoms with Crippen molar-refractivity contribution in [1.29, 1.82) is 0 Å². The average Bonchev–Trinajstić information content (AvgIpc) is 3.15. The van der Waals surface area contributed by atoms with E-state index < -0.39 is 54.5 Å². The van der Waals surface area contributed by atoms with Crippen LogP contribution in [0, 0.1) is 26.7 Å². The second-order valence-corrected chi connectivity index (χ2v) is 14.9. The smallest absolute Gasteiger partial charge is 0.469 e. The van der Waals surface area contributed by atoms with Crippen LogP contribution in [-0.2, 0) is 46.3 Å². The van der Waals surface area contributed by atoms with E-state index in [1.807, 2.05) is 64.3 Å². The molecule has 2 rings (SSSR count). The monoisotopic (exact) mass is 875 g/mol. The molecule has 0 saturated heterocycles. The van der Waals surface area contributed by atoms with Gasteiger partial charge < -0.3 is 57.6 Å². The number of carbonyl (C=O) groups is 6. The van der Waals surface area contributed by atoms with Crippen molar-refractivity contribution in [3.8, 4) is 5.75 Å². The van der Waals surface area contributed by atoms with Crippen molar-refractivity contribution in [3.63, 3.8) is 0 Å². The van der Waals surface area contributed by atoms with Gasteiger partial charge in [-0.2, -0.15) is 11.8 Å². The summed E-state index contributed by atoms with van der Waals surface area (Å²) < 4.78 is 15.3. The number of halogens is 1. The number of aryl methyl sites for hydroxylation is 1. The minimum atomic E-state index is -1.02. The summed E-state index contributed by atoms with van der Waals surface area (Å²) in [6.07, 6.45) is 3.53. The van der Waals surface area contributed by atoms with E-state index in [2.05, 4.69) is 10.6 Å². The number of nitrogens with one attached hydrogen (secondary N) is 2. The first-order valence-electron chi connectivity index (χ1n) is 18.6. The number of nitrogens with two attached hydrogens (primary N) is 2. The van der Waals surface area contributed by atoms with Crippen molar-refractivity contribution in [3.05, 3.63) is 64.2 Å². The van der Waals surface area contributed by atoms with Gasteiger partial charge in [0.05, 0.1) is 26.3 Å². The molecule has 4 amide bonds. The fourth-order valence-electron chi connectivity index (χ4n) is 5.84. The van der Waals surface area contributed by atoms with E-state index in [0.29, 0.717) is 36.3 Å². The summed E-state index contributed by atoms with van der Waals surface area (Å²) in [5.74, 6) is -1.61. The van der Waals surface area contributed by atoms with Crippen LogP contribution in [0.1, 0.15) is 73.8 Å². The molecular formula is C40H66ClN5O12S. The molecule has 0 spiro atoms. The van der Waals surface area contributed by atoms with Gasteiger partial charge in [-0.05, 0) is 98.3 Å². The number of carbonyl (C=O) groups excluding carboxylic acids is 6. The van der Waals surface area contributed by atoms with E-state index in [-0.39, 0.29) is 79.6 Å². The number of ether oxygens (including phenoxy) is 3. The van der Waals surface area contributed by atoms with Gasteiger partial charge in [0.2, 0.25) is 23.6 Å². The van der Waals surface area contributed by atoms with Gasteiger partial charge >= 0.3 is 12.1 Å². The van der Waals surface area contributed by atoms with Crippen molar-refractivity contribution >= 4 is 59.9 Å². The average molecular weight is 877 g/mol. The van der Waals surface area contributed by atoms with Crippen LogP contribution >= 0.6 is 24.2 Å². The Morgan fingerprint density at radius 1 is 0.898 bits per heavy atom. The highest BCUT2D eigenvalue weighted by molar-refractivity contribution is 7.98. The lowest BCUT2D eigenvalue weighted by atomic mass is 9.92. The lowest BCUT2D eigenvalue weighted by molar-refractivity contribution is -0.141. The lowest BCUT2D eigenvalue weighted by Gasteiger charge is -2.30. The predicted octanol–water partition coefficient (Wildman–Crippen LogP) is 1.61. The van der Waals surface area contributed by atoms with Crippen molar-refractivity contribution < 1.29 is 59.4 Å². The van der Waals surface area contributed by atoms with Crippen LogP contribution in [0.3, 0.4) is 0 Å². The van der Waals surface area contributed by atoms with E-state index in [4.69, 9.17) is 25.7 Å². The minimum absolute atomic E-state index is 0. The lowest BCUT2D eigenvalue weighted by Crippen LogP contribution is -2.55. The number of unbranched alkanes of at least 4 members (excludes halogenated alkanes) is 2. The minimum Gasteiger partial charge on any atom is -0.469 e. The molecule has 17 nitrogen and oxygen atoms in total. The standard InChI is InChI=1S/C40H59N5O9S.ClH.3H2O/c1-25(2)24-53-40(51)54-34-20-26(3)30(27(4)28(34)5)22-31(41)38(49)44-32(17-19-55-7)39(50)43-23-35(46)45(18-13-9-12-16-36(47)52-6)33(37(42)48)21-29-14-10-8-11-15-29;;;;/h8,10-11,14-15,20,25,31-33H,9,12-13,16-19,21-24,41H2,1-7H3,(H2,42,48)(H,43,50)(H,44,49);1H;3*1H2/t31-,32+,33-;;;;/m0..../s1. The molecular weight excluding hydrogens is 810 g/mol. The van der Waals surface area contributed by atoms with Crippen LogP contribution in [0.2, 0.25) is 0 Å². The molecule has 0 aliphatic heterocycles. The molecule has 0 heterocycles. The first-order valence-corrected chi connectivity index (χ1v) is 19.9. The number of thioether (sulfide) groups is 1. The number of rotatable bonds is 23. The highest BCUT2D eigenvalue weighted by atomic mass is 35.5. The maximum atomic E-state index is 13.7. The molecule has 3 atom stereocenters. The summed E-state index contributed by atoms with van der Waals surface area (Å²) in [5.41, 5.74) is 16.1. The Kier molecular flexibility index (Phi) is 30.5. The summed E-state index contributed by atoms with van der Waals surface area (Å²) in [6, 6.07) is 7.88. The number of primary amides is 1. The van der Waals surface area contributed by atoms with Gasteiger partial charge in [-0.15, -0.1) is 12.4 Å². The van der Waals surface area contributed by atoms with Gasteiger partial charge in [0, 0.05) is 19.4 Å². The number of methoxy groups -OCH3 is 1. The van der Waals surface area contributed by atoms with Crippen molar-refractivity contribution in [1.82, 2.24) is 15.5 Å². The Balaban J connectivity index is -0.00000784. The third-order valence-corrected chi connectivity index (χ3v) is 9.80. The molecule has 0 saturated carbocycles. The second kappa shape index (κ2) is 30.6. The number of esters is 1. The first-order chi connectivity index (χ1) is 26.1. The van der Waals surface area contributed by atoms with Gasteiger partial charge in [-0.3, -0.25) is 24.0 Å². The molecule has 0 radical (unpaired) electrons. The Bertz CT molecular complexity index is 1620. The van der Waals surface area contributed by atoms with Crippen LogP contribution < -0.4 is 26.8 Å². The van der Waals surface area contributed by atoms with Gasteiger partial charge in [0.25, 0.3) is 0 Å². The van der Waals surface area contributed by atoms with Crippen molar-refractivity contribution in [2.75, 3.05) is 38.8 Å². The van der Waals surface area contributed by atoms with Crippen LogP contribution in [0.5, 0.6) is 5.75 Å². The molecule has 336 valence electrons. The van der Waals surface area contributed by atoms with Gasteiger partial charge in [0.1, 0.15) is 17.8 Å². The Morgan fingerprint density at radius 2 is 1.54 bits per heavy atom. The third kappa shape index (κ3) is 20.4. The number of hydrogen-bond donors (Lipinski definition) is 4. The van der Waals surface area contributed by atoms with E-state index in [0.717, 1.165) is 22.3 Å². The van der Waals surface area contributed by atoms with Crippen molar-refractivity contribution in [2.24, 2.45) is 17.4 Å². The molecule has 0 fully saturated rings. The largest absolute Gasteiger partial charge is 0.513 e. The number of amides is 4. The molecule has 0 aliphatic carbocycles. The highest BCUT2D eigenvalue weighted by Crippen LogP contribution is 2.29. The number of benzene rings is 2. The summed E-state index contributed by atoms with van der Waals surface area (Å²) in [7, 11) is 1.32.